The standard InChI is InChI=1S/C10H10F3NO4/c1-3-18-9(17)7-6(10(11,12)13)5(8(15)16)4(2)14-7/h14H,3H2,1-2H3,(H,15,16). The minimum atomic E-state index is -4.96. The summed E-state index contributed by atoms with van der Waals surface area (Å²) in [7, 11) is 0. The van der Waals surface area contributed by atoms with Crippen LogP contribution in [0.5, 0.6) is 0 Å². The second-order valence-corrected chi connectivity index (χ2v) is 3.40. The van der Waals surface area contributed by atoms with Crippen LogP contribution in [0, 0.1) is 6.92 Å². The predicted molar refractivity (Wildman–Crippen MR) is 53.4 cm³/mol. The first-order chi connectivity index (χ1) is 8.20. The van der Waals surface area contributed by atoms with E-state index in [0.29, 0.717) is 0 Å². The number of carboxylic acids is 1. The van der Waals surface area contributed by atoms with Crippen LogP contribution >= 0.6 is 0 Å². The molecule has 0 saturated heterocycles. The number of aryl methyl sites for hydroxylation is 1. The summed E-state index contributed by atoms with van der Waals surface area (Å²) < 4.78 is 42.8. The van der Waals surface area contributed by atoms with Crippen LogP contribution in [-0.2, 0) is 10.9 Å². The van der Waals surface area contributed by atoms with Crippen molar-refractivity contribution in [3.8, 4) is 0 Å². The third-order valence-electron chi connectivity index (χ3n) is 2.16. The van der Waals surface area contributed by atoms with E-state index in [-0.39, 0.29) is 12.3 Å². The molecule has 0 amide bonds. The topological polar surface area (TPSA) is 79.4 Å². The van der Waals surface area contributed by atoms with Crippen molar-refractivity contribution in [2.45, 2.75) is 20.0 Å². The van der Waals surface area contributed by atoms with Crippen molar-refractivity contribution < 1.29 is 32.6 Å². The van der Waals surface area contributed by atoms with Crippen LogP contribution in [0.3, 0.4) is 0 Å². The largest absolute Gasteiger partial charge is 0.478 e. The number of aromatic carboxylic acids is 1. The molecule has 1 aromatic heterocycles. The number of halogens is 3. The third-order valence-corrected chi connectivity index (χ3v) is 2.16. The second-order valence-electron chi connectivity index (χ2n) is 3.40. The van der Waals surface area contributed by atoms with Gasteiger partial charge >= 0.3 is 18.1 Å². The summed E-state index contributed by atoms with van der Waals surface area (Å²) in [6, 6.07) is 0. The van der Waals surface area contributed by atoms with Crippen molar-refractivity contribution in [2.24, 2.45) is 0 Å². The maximum Gasteiger partial charge on any atom is 0.419 e. The molecule has 0 aliphatic rings. The molecule has 0 unspecified atom stereocenters. The predicted octanol–water partition coefficient (Wildman–Crippen LogP) is 2.22. The number of alkyl halides is 3. The third kappa shape index (κ3) is 2.47. The Morgan fingerprint density at radius 2 is 1.94 bits per heavy atom. The number of hydrogen-bond acceptors (Lipinski definition) is 3. The molecule has 100 valence electrons. The molecule has 0 aliphatic carbocycles. The highest BCUT2D eigenvalue weighted by atomic mass is 19.4. The normalized spacial score (nSPS) is 11.4. The first-order valence-electron chi connectivity index (χ1n) is 4.90. The molecule has 0 aromatic carbocycles. The fourth-order valence-electron chi connectivity index (χ4n) is 1.53. The number of aromatic nitrogens is 1. The molecule has 0 spiro atoms. The van der Waals surface area contributed by atoms with E-state index in [1.807, 2.05) is 0 Å². The lowest BCUT2D eigenvalue weighted by atomic mass is 10.1. The first-order valence-corrected chi connectivity index (χ1v) is 4.90. The highest BCUT2D eigenvalue weighted by Crippen LogP contribution is 2.36. The van der Waals surface area contributed by atoms with Gasteiger partial charge in [-0.3, -0.25) is 0 Å². The minimum Gasteiger partial charge on any atom is -0.478 e. The summed E-state index contributed by atoms with van der Waals surface area (Å²) in [6.07, 6.45) is -4.96. The molecule has 1 aromatic rings. The van der Waals surface area contributed by atoms with Crippen molar-refractivity contribution in [3.63, 3.8) is 0 Å². The Hall–Kier alpha value is -1.99. The van der Waals surface area contributed by atoms with E-state index in [9.17, 15) is 22.8 Å². The van der Waals surface area contributed by atoms with Gasteiger partial charge in [0.2, 0.25) is 0 Å². The van der Waals surface area contributed by atoms with E-state index in [4.69, 9.17) is 5.11 Å². The van der Waals surface area contributed by atoms with E-state index >= 15 is 0 Å². The van der Waals surface area contributed by atoms with Gasteiger partial charge < -0.3 is 14.8 Å². The maximum atomic E-state index is 12.8. The molecule has 8 heteroatoms. The van der Waals surface area contributed by atoms with Crippen molar-refractivity contribution >= 4 is 11.9 Å². The van der Waals surface area contributed by atoms with Gasteiger partial charge in [-0.15, -0.1) is 0 Å². The molecule has 1 heterocycles. The van der Waals surface area contributed by atoms with E-state index in [0.717, 1.165) is 6.92 Å². The van der Waals surface area contributed by atoms with Crippen molar-refractivity contribution in [1.82, 2.24) is 4.98 Å². The van der Waals surface area contributed by atoms with Crippen LogP contribution in [0.1, 0.15) is 39.0 Å². The Bertz CT molecular complexity index is 490. The molecule has 0 bridgehead atoms. The summed E-state index contributed by atoms with van der Waals surface area (Å²) in [4.78, 5) is 24.3. The number of carbonyl (C=O) groups excluding carboxylic acids is 1. The van der Waals surface area contributed by atoms with Crippen LogP contribution in [0.25, 0.3) is 0 Å². The van der Waals surface area contributed by atoms with Crippen molar-refractivity contribution in [1.29, 1.82) is 0 Å². The van der Waals surface area contributed by atoms with Gasteiger partial charge in [-0.1, -0.05) is 0 Å². The summed E-state index contributed by atoms with van der Waals surface area (Å²) in [5, 5.41) is 8.76. The quantitative estimate of drug-likeness (QED) is 0.821. The molecule has 0 saturated carbocycles. The van der Waals surface area contributed by atoms with Gasteiger partial charge in [-0.2, -0.15) is 13.2 Å². The zero-order valence-corrected chi connectivity index (χ0v) is 9.51. The van der Waals surface area contributed by atoms with E-state index in [1.165, 1.54) is 6.92 Å². The smallest absolute Gasteiger partial charge is 0.419 e. The SMILES string of the molecule is CCOC(=O)c1[nH]c(C)c(C(=O)O)c1C(F)(F)F. The Morgan fingerprint density at radius 1 is 1.39 bits per heavy atom. The number of H-pyrrole nitrogens is 1. The van der Waals surface area contributed by atoms with Crippen molar-refractivity contribution in [3.05, 3.63) is 22.5 Å². The number of aromatic amines is 1. The van der Waals surface area contributed by atoms with Crippen LogP contribution in [-0.4, -0.2) is 28.6 Å². The Kier molecular flexibility index (Phi) is 3.68. The van der Waals surface area contributed by atoms with Gasteiger partial charge in [0.15, 0.2) is 0 Å². The number of nitrogens with one attached hydrogen (secondary N) is 1. The molecule has 0 aliphatic heterocycles. The number of ether oxygens (including phenoxy) is 1. The van der Waals surface area contributed by atoms with E-state index in [1.54, 1.807) is 0 Å². The zero-order valence-electron chi connectivity index (χ0n) is 9.51. The summed E-state index contributed by atoms with van der Waals surface area (Å²) in [6.45, 7) is 2.46. The van der Waals surface area contributed by atoms with Gasteiger partial charge in [-0.25, -0.2) is 9.59 Å². The molecule has 2 N–H and O–H groups in total. The fraction of sp³-hybridized carbons (Fsp3) is 0.400. The van der Waals surface area contributed by atoms with E-state index in [2.05, 4.69) is 9.72 Å². The monoisotopic (exact) mass is 265 g/mol. The summed E-state index contributed by atoms with van der Waals surface area (Å²) >= 11 is 0. The highest BCUT2D eigenvalue weighted by molar-refractivity contribution is 5.98. The lowest BCUT2D eigenvalue weighted by Gasteiger charge is -2.08. The molecular formula is C10H10F3NO4. The Balaban J connectivity index is 3.49. The second kappa shape index (κ2) is 4.71. The average Bonchev–Trinajstić information content (AvgIpc) is 2.55. The summed E-state index contributed by atoms with van der Waals surface area (Å²) in [5.74, 6) is -2.99. The molecule has 5 nitrogen and oxygen atoms in total. The lowest BCUT2D eigenvalue weighted by Crippen LogP contribution is -2.17. The molecule has 0 fully saturated rings. The molecular weight excluding hydrogens is 255 g/mol. The van der Waals surface area contributed by atoms with Crippen LogP contribution in [0.2, 0.25) is 0 Å². The van der Waals surface area contributed by atoms with Crippen LogP contribution in [0.15, 0.2) is 0 Å². The van der Waals surface area contributed by atoms with Gasteiger partial charge in [0.25, 0.3) is 0 Å². The maximum absolute atomic E-state index is 12.8. The van der Waals surface area contributed by atoms with Gasteiger partial charge in [0, 0.05) is 5.69 Å². The van der Waals surface area contributed by atoms with Gasteiger partial charge in [0.1, 0.15) is 11.3 Å². The van der Waals surface area contributed by atoms with Crippen LogP contribution < -0.4 is 0 Å². The number of hydrogen-bond donors (Lipinski definition) is 2. The fourth-order valence-corrected chi connectivity index (χ4v) is 1.53. The van der Waals surface area contributed by atoms with Crippen molar-refractivity contribution in [2.75, 3.05) is 6.61 Å². The lowest BCUT2D eigenvalue weighted by molar-refractivity contribution is -0.138. The highest BCUT2D eigenvalue weighted by Gasteiger charge is 2.43. The molecule has 1 rings (SSSR count). The van der Waals surface area contributed by atoms with Gasteiger partial charge in [0.05, 0.1) is 12.2 Å². The summed E-state index contributed by atoms with van der Waals surface area (Å²) in [5.41, 5.74) is -3.62. The number of rotatable bonds is 3. The van der Waals surface area contributed by atoms with Gasteiger partial charge in [-0.05, 0) is 13.8 Å². The van der Waals surface area contributed by atoms with Crippen LogP contribution in [0.4, 0.5) is 13.2 Å². The zero-order chi connectivity index (χ0) is 14.1. The van der Waals surface area contributed by atoms with E-state index < -0.39 is 34.9 Å². The Morgan fingerprint density at radius 3 is 2.33 bits per heavy atom. The number of esters is 1. The number of carbonyl (C=O) groups is 2. The molecule has 0 atom stereocenters. The number of carboxylic acid groups (broad SMARTS) is 1. The Labute approximate surface area is 99.6 Å². The minimum absolute atomic E-state index is 0.114. The molecule has 18 heavy (non-hydrogen) atoms. The average molecular weight is 265 g/mol. The first kappa shape index (κ1) is 14.1. The molecule has 0 radical (unpaired) electrons.